The van der Waals surface area contributed by atoms with E-state index in [0.29, 0.717) is 25.5 Å². The highest BCUT2D eigenvalue weighted by Gasteiger charge is 2.15. The molecule has 1 aromatic heterocycles. The van der Waals surface area contributed by atoms with Gasteiger partial charge in [-0.2, -0.15) is 0 Å². The van der Waals surface area contributed by atoms with E-state index < -0.39 is 0 Å². The summed E-state index contributed by atoms with van der Waals surface area (Å²) < 4.78 is 13.6. The Morgan fingerprint density at radius 3 is 2.86 bits per heavy atom. The molecular weight excluding hydrogens is 334 g/mol. The van der Waals surface area contributed by atoms with Gasteiger partial charge in [0.05, 0.1) is 13.2 Å². The summed E-state index contributed by atoms with van der Waals surface area (Å²) in [5.74, 6) is 0.508. The van der Waals surface area contributed by atoms with E-state index in [4.69, 9.17) is 9.47 Å². The van der Waals surface area contributed by atoms with Crippen LogP contribution >= 0.6 is 15.9 Å². The van der Waals surface area contributed by atoms with Crippen molar-refractivity contribution in [3.05, 3.63) is 52.3 Å². The van der Waals surface area contributed by atoms with Crippen molar-refractivity contribution in [2.75, 3.05) is 13.2 Å². The molecule has 1 aromatic carbocycles. The van der Waals surface area contributed by atoms with Gasteiger partial charge in [-0.3, -0.25) is 0 Å². The fraction of sp³-hybridized carbons (Fsp3) is 0.312. The number of carbonyl (C=O) groups is 1. The fourth-order valence-corrected chi connectivity index (χ4v) is 2.44. The van der Waals surface area contributed by atoms with Gasteiger partial charge < -0.3 is 14.0 Å². The van der Waals surface area contributed by atoms with Gasteiger partial charge in [0.2, 0.25) is 0 Å². The molecule has 2 rings (SSSR count). The summed E-state index contributed by atoms with van der Waals surface area (Å²) in [4.78, 5) is 11.9. The molecule has 0 aliphatic rings. The number of rotatable bonds is 6. The van der Waals surface area contributed by atoms with Crippen LogP contribution in [0.4, 0.5) is 0 Å². The van der Waals surface area contributed by atoms with E-state index >= 15 is 0 Å². The Hall–Kier alpha value is -1.75. The van der Waals surface area contributed by atoms with Crippen LogP contribution in [0.5, 0.6) is 5.75 Å². The predicted octanol–water partition coefficient (Wildman–Crippen LogP) is 3.81. The molecule has 0 atom stereocenters. The number of hydrogen-bond donors (Lipinski definition) is 0. The number of halogens is 1. The Kier molecular flexibility index (Phi) is 5.44. The molecule has 4 nitrogen and oxygen atoms in total. The van der Waals surface area contributed by atoms with Crippen LogP contribution in [0.2, 0.25) is 0 Å². The van der Waals surface area contributed by atoms with Crippen LogP contribution in [-0.4, -0.2) is 23.8 Å². The zero-order valence-electron chi connectivity index (χ0n) is 12.1. The lowest BCUT2D eigenvalue weighted by Crippen LogP contribution is -2.16. The molecule has 112 valence electrons. The third kappa shape index (κ3) is 4.11. The molecule has 0 bridgehead atoms. The van der Waals surface area contributed by atoms with Crippen molar-refractivity contribution in [3.63, 3.8) is 0 Å². The van der Waals surface area contributed by atoms with E-state index in [1.54, 1.807) is 6.92 Å². The Morgan fingerprint density at radius 1 is 1.33 bits per heavy atom. The van der Waals surface area contributed by atoms with Crippen molar-refractivity contribution >= 4 is 21.9 Å². The summed E-state index contributed by atoms with van der Waals surface area (Å²) in [5.41, 5.74) is 1.51. The largest absolute Gasteiger partial charge is 0.492 e. The first kappa shape index (κ1) is 15.6. The number of aromatic nitrogens is 1. The summed E-state index contributed by atoms with van der Waals surface area (Å²) in [6.07, 6.45) is 1.88. The average molecular weight is 352 g/mol. The maximum absolute atomic E-state index is 11.9. The molecule has 0 radical (unpaired) electrons. The van der Waals surface area contributed by atoms with Crippen molar-refractivity contribution in [1.82, 2.24) is 4.57 Å². The Labute approximate surface area is 132 Å². The van der Waals surface area contributed by atoms with Gasteiger partial charge in [-0.05, 0) is 43.7 Å². The molecule has 0 aliphatic heterocycles. The first-order valence-electron chi connectivity index (χ1n) is 6.83. The normalized spacial score (nSPS) is 10.4. The van der Waals surface area contributed by atoms with Gasteiger partial charge in [-0.1, -0.05) is 22.0 Å². The van der Waals surface area contributed by atoms with Gasteiger partial charge in [-0.25, -0.2) is 4.79 Å². The number of benzene rings is 1. The van der Waals surface area contributed by atoms with E-state index in [9.17, 15) is 4.79 Å². The molecule has 2 aromatic rings. The Morgan fingerprint density at radius 2 is 2.14 bits per heavy atom. The van der Waals surface area contributed by atoms with Crippen LogP contribution in [0.1, 0.15) is 23.0 Å². The topological polar surface area (TPSA) is 40.5 Å². The molecule has 0 N–H and O–H groups in total. The van der Waals surface area contributed by atoms with Crippen molar-refractivity contribution < 1.29 is 14.3 Å². The lowest BCUT2D eigenvalue weighted by molar-refractivity contribution is 0.0512. The van der Waals surface area contributed by atoms with E-state index in [0.717, 1.165) is 15.8 Å². The lowest BCUT2D eigenvalue weighted by atomic mass is 10.3. The quantitative estimate of drug-likeness (QED) is 0.743. The summed E-state index contributed by atoms with van der Waals surface area (Å²) >= 11 is 3.40. The van der Waals surface area contributed by atoms with E-state index in [1.807, 2.05) is 48.0 Å². The second-order valence-corrected chi connectivity index (χ2v) is 5.48. The van der Waals surface area contributed by atoms with Crippen molar-refractivity contribution in [2.45, 2.75) is 20.4 Å². The lowest BCUT2D eigenvalue weighted by Gasteiger charge is -2.11. The van der Waals surface area contributed by atoms with Crippen LogP contribution in [-0.2, 0) is 11.3 Å². The standard InChI is InChI=1S/C16H18BrNO3/c1-3-20-16(19)15-12(2)7-8-18(15)9-10-21-14-6-4-5-13(17)11-14/h4-8,11H,3,9-10H2,1-2H3. The van der Waals surface area contributed by atoms with E-state index in [1.165, 1.54) is 0 Å². The van der Waals surface area contributed by atoms with Crippen LogP contribution < -0.4 is 4.74 Å². The molecule has 0 spiro atoms. The van der Waals surface area contributed by atoms with Crippen LogP contribution in [0.15, 0.2) is 41.0 Å². The van der Waals surface area contributed by atoms with Gasteiger partial charge in [0.15, 0.2) is 0 Å². The minimum atomic E-state index is -0.289. The molecule has 0 fully saturated rings. The van der Waals surface area contributed by atoms with Crippen molar-refractivity contribution in [3.8, 4) is 5.75 Å². The highest BCUT2D eigenvalue weighted by Crippen LogP contribution is 2.18. The molecule has 1 heterocycles. The minimum absolute atomic E-state index is 0.289. The monoisotopic (exact) mass is 351 g/mol. The smallest absolute Gasteiger partial charge is 0.355 e. The molecule has 0 aliphatic carbocycles. The highest BCUT2D eigenvalue weighted by molar-refractivity contribution is 9.10. The summed E-state index contributed by atoms with van der Waals surface area (Å²) in [5, 5.41) is 0. The van der Waals surface area contributed by atoms with Gasteiger partial charge in [0.25, 0.3) is 0 Å². The number of aryl methyl sites for hydroxylation is 1. The second kappa shape index (κ2) is 7.31. The van der Waals surface area contributed by atoms with Crippen LogP contribution in [0, 0.1) is 6.92 Å². The molecule has 0 amide bonds. The van der Waals surface area contributed by atoms with Crippen LogP contribution in [0.25, 0.3) is 0 Å². The van der Waals surface area contributed by atoms with Gasteiger partial charge in [0, 0.05) is 10.7 Å². The minimum Gasteiger partial charge on any atom is -0.492 e. The van der Waals surface area contributed by atoms with Gasteiger partial charge in [-0.15, -0.1) is 0 Å². The zero-order valence-corrected chi connectivity index (χ0v) is 13.7. The SMILES string of the molecule is CCOC(=O)c1c(C)ccn1CCOc1cccc(Br)c1. The van der Waals surface area contributed by atoms with Crippen LogP contribution in [0.3, 0.4) is 0 Å². The number of nitrogens with zero attached hydrogens (tertiary/aromatic N) is 1. The van der Waals surface area contributed by atoms with E-state index in [2.05, 4.69) is 15.9 Å². The van der Waals surface area contributed by atoms with E-state index in [-0.39, 0.29) is 5.97 Å². The predicted molar refractivity (Wildman–Crippen MR) is 84.8 cm³/mol. The zero-order chi connectivity index (χ0) is 15.2. The Balaban J connectivity index is 1.99. The third-order valence-corrected chi connectivity index (χ3v) is 3.52. The number of carbonyl (C=O) groups excluding carboxylic acids is 1. The summed E-state index contributed by atoms with van der Waals surface area (Å²) in [7, 11) is 0. The van der Waals surface area contributed by atoms with Crippen molar-refractivity contribution in [1.29, 1.82) is 0 Å². The second-order valence-electron chi connectivity index (χ2n) is 4.57. The first-order chi connectivity index (χ1) is 10.1. The molecule has 21 heavy (non-hydrogen) atoms. The fourth-order valence-electron chi connectivity index (χ4n) is 2.06. The molecular formula is C16H18BrNO3. The average Bonchev–Trinajstić information content (AvgIpc) is 2.80. The maximum atomic E-state index is 11.9. The molecule has 0 unspecified atom stereocenters. The first-order valence-corrected chi connectivity index (χ1v) is 7.62. The summed E-state index contributed by atoms with van der Waals surface area (Å²) in [6, 6.07) is 9.58. The maximum Gasteiger partial charge on any atom is 0.355 e. The number of esters is 1. The number of ether oxygens (including phenoxy) is 2. The molecule has 0 saturated carbocycles. The third-order valence-electron chi connectivity index (χ3n) is 3.03. The molecule has 5 heteroatoms. The Bertz CT molecular complexity index is 622. The molecule has 0 saturated heterocycles. The van der Waals surface area contributed by atoms with Gasteiger partial charge >= 0.3 is 5.97 Å². The van der Waals surface area contributed by atoms with Gasteiger partial charge in [0.1, 0.15) is 18.1 Å². The highest BCUT2D eigenvalue weighted by atomic mass is 79.9. The summed E-state index contributed by atoms with van der Waals surface area (Å²) in [6.45, 7) is 5.15. The number of hydrogen-bond acceptors (Lipinski definition) is 3. The van der Waals surface area contributed by atoms with Crippen molar-refractivity contribution in [2.24, 2.45) is 0 Å².